The summed E-state index contributed by atoms with van der Waals surface area (Å²) in [5, 5.41) is 8.25. The van der Waals surface area contributed by atoms with Gasteiger partial charge in [0, 0.05) is 7.11 Å². The molecule has 196 valence electrons. The Morgan fingerprint density at radius 2 is 0.950 bits per heavy atom. The SMILES string of the molecule is COC(C1=C(P(c2ccccc2)c2ccccc2)CC=C1)c1ccccc1P(c1ccccc1)c1ccccc1. The van der Waals surface area contributed by atoms with Gasteiger partial charge >= 0.3 is 0 Å². The van der Waals surface area contributed by atoms with Crippen LogP contribution in [0.25, 0.3) is 0 Å². The molecule has 0 aliphatic heterocycles. The highest BCUT2D eigenvalue weighted by atomic mass is 31.1. The van der Waals surface area contributed by atoms with Crippen LogP contribution in [-0.4, -0.2) is 7.11 Å². The Morgan fingerprint density at radius 3 is 1.43 bits per heavy atom. The topological polar surface area (TPSA) is 9.23 Å². The van der Waals surface area contributed by atoms with Gasteiger partial charge in [-0.25, -0.2) is 0 Å². The summed E-state index contributed by atoms with van der Waals surface area (Å²) in [7, 11) is 0.412. The molecule has 3 heteroatoms. The van der Waals surface area contributed by atoms with E-state index in [9.17, 15) is 0 Å². The van der Waals surface area contributed by atoms with Crippen molar-refractivity contribution in [3.05, 3.63) is 174 Å². The molecule has 1 nitrogen and oxygen atoms in total. The minimum absolute atomic E-state index is 0.153. The first kappa shape index (κ1) is 26.6. The summed E-state index contributed by atoms with van der Waals surface area (Å²) >= 11 is 0. The molecule has 0 saturated heterocycles. The fourth-order valence-electron chi connectivity index (χ4n) is 5.50. The van der Waals surface area contributed by atoms with Gasteiger partial charge in [0.05, 0.1) is 0 Å². The van der Waals surface area contributed by atoms with Crippen molar-refractivity contribution in [2.24, 2.45) is 0 Å². The first-order valence-electron chi connectivity index (χ1n) is 13.7. The van der Waals surface area contributed by atoms with E-state index in [1.165, 1.54) is 43.0 Å². The van der Waals surface area contributed by atoms with Crippen molar-refractivity contribution in [2.75, 3.05) is 7.11 Å². The van der Waals surface area contributed by atoms with Gasteiger partial charge in [0.1, 0.15) is 6.10 Å². The maximum atomic E-state index is 6.45. The van der Waals surface area contributed by atoms with Crippen LogP contribution in [-0.2, 0) is 4.74 Å². The molecule has 0 bridgehead atoms. The van der Waals surface area contributed by atoms with E-state index in [0.29, 0.717) is 0 Å². The monoisotopic (exact) mass is 554 g/mol. The van der Waals surface area contributed by atoms with Crippen LogP contribution in [0.3, 0.4) is 0 Å². The summed E-state index contributed by atoms with van der Waals surface area (Å²) in [5.41, 5.74) is 2.55. The van der Waals surface area contributed by atoms with E-state index >= 15 is 0 Å². The number of hydrogen-bond acceptors (Lipinski definition) is 1. The number of allylic oxidation sites excluding steroid dienone is 2. The molecule has 40 heavy (non-hydrogen) atoms. The van der Waals surface area contributed by atoms with Crippen LogP contribution in [0.1, 0.15) is 18.1 Å². The van der Waals surface area contributed by atoms with Gasteiger partial charge < -0.3 is 4.74 Å². The minimum atomic E-state index is -0.758. The second-order valence-corrected chi connectivity index (χ2v) is 14.1. The largest absolute Gasteiger partial charge is 0.372 e. The van der Waals surface area contributed by atoms with Crippen molar-refractivity contribution in [1.29, 1.82) is 0 Å². The lowest BCUT2D eigenvalue weighted by Gasteiger charge is -2.28. The van der Waals surface area contributed by atoms with E-state index < -0.39 is 15.8 Å². The van der Waals surface area contributed by atoms with Gasteiger partial charge in [-0.15, -0.1) is 0 Å². The molecule has 0 aromatic heterocycles. The fraction of sp³-hybridized carbons (Fsp3) is 0.0811. The second-order valence-electron chi connectivity index (χ2n) is 9.70. The van der Waals surface area contributed by atoms with Crippen molar-refractivity contribution >= 4 is 42.4 Å². The van der Waals surface area contributed by atoms with E-state index in [1.54, 1.807) is 0 Å². The molecular formula is C37H32OP2. The quantitative estimate of drug-likeness (QED) is 0.172. The van der Waals surface area contributed by atoms with E-state index in [4.69, 9.17) is 4.74 Å². The standard InChI is InChI=1S/C37H32OP2/c1-38-37(34-26-16-28-36(34)40(31-21-10-4-11-22-31)32-23-12-5-13-24-32)33-25-14-15-27-35(33)39(29-17-6-2-7-18-29)30-19-8-3-9-20-30/h2-27,37H,28H2,1H3. The summed E-state index contributed by atoms with van der Waals surface area (Å²) in [6.07, 6.45) is 5.42. The smallest absolute Gasteiger partial charge is 0.108 e. The zero-order valence-corrected chi connectivity index (χ0v) is 24.4. The average molecular weight is 555 g/mol. The van der Waals surface area contributed by atoms with Crippen molar-refractivity contribution in [2.45, 2.75) is 12.5 Å². The van der Waals surface area contributed by atoms with E-state index in [1.807, 2.05) is 7.11 Å². The highest BCUT2D eigenvalue weighted by Crippen LogP contribution is 2.52. The lowest BCUT2D eigenvalue weighted by atomic mass is 10.0. The first-order chi connectivity index (χ1) is 19.8. The summed E-state index contributed by atoms with van der Waals surface area (Å²) in [4.78, 5) is 0. The Kier molecular flexibility index (Phi) is 8.46. The molecule has 0 spiro atoms. The van der Waals surface area contributed by atoms with Gasteiger partial charge in [0.25, 0.3) is 0 Å². The van der Waals surface area contributed by atoms with Gasteiger partial charge in [0.2, 0.25) is 0 Å². The van der Waals surface area contributed by atoms with Gasteiger partial charge in [-0.1, -0.05) is 158 Å². The molecule has 0 N–H and O–H groups in total. The molecule has 1 aliphatic carbocycles. The molecule has 0 radical (unpaired) electrons. The summed E-state index contributed by atoms with van der Waals surface area (Å²) < 4.78 is 6.45. The number of ether oxygens (including phenoxy) is 1. The summed E-state index contributed by atoms with van der Waals surface area (Å²) in [5.74, 6) is 0. The van der Waals surface area contributed by atoms with Gasteiger partial charge in [0.15, 0.2) is 0 Å². The highest BCUT2D eigenvalue weighted by Gasteiger charge is 2.30. The van der Waals surface area contributed by atoms with E-state index in [0.717, 1.165) is 6.42 Å². The third kappa shape index (κ3) is 5.52. The number of benzene rings is 5. The maximum absolute atomic E-state index is 6.45. The number of rotatable bonds is 9. The normalized spacial score (nSPS) is 13.8. The molecule has 0 saturated carbocycles. The Morgan fingerprint density at radius 1 is 0.525 bits per heavy atom. The molecule has 1 atom stereocenters. The molecule has 0 fully saturated rings. The van der Waals surface area contributed by atoms with Gasteiger partial charge in [-0.3, -0.25) is 0 Å². The van der Waals surface area contributed by atoms with Crippen LogP contribution in [0.2, 0.25) is 0 Å². The average Bonchev–Trinajstić information content (AvgIpc) is 3.50. The van der Waals surface area contributed by atoms with Gasteiger partial charge in [-0.05, 0) is 65.2 Å². The Hall–Kier alpha value is -3.60. The summed E-state index contributed by atoms with van der Waals surface area (Å²) in [6.45, 7) is 0. The third-order valence-electron chi connectivity index (χ3n) is 7.25. The van der Waals surface area contributed by atoms with Crippen LogP contribution < -0.4 is 26.5 Å². The molecule has 6 rings (SSSR count). The van der Waals surface area contributed by atoms with E-state index in [-0.39, 0.29) is 6.10 Å². The lowest BCUT2D eigenvalue weighted by Crippen LogP contribution is -2.25. The van der Waals surface area contributed by atoms with Crippen molar-refractivity contribution < 1.29 is 4.74 Å². The highest BCUT2D eigenvalue weighted by molar-refractivity contribution is 7.80. The van der Waals surface area contributed by atoms with Crippen molar-refractivity contribution in [3.63, 3.8) is 0 Å². The fourth-order valence-corrected chi connectivity index (χ4v) is 10.6. The van der Waals surface area contributed by atoms with Crippen LogP contribution in [0.5, 0.6) is 0 Å². The van der Waals surface area contributed by atoms with Gasteiger partial charge in [-0.2, -0.15) is 0 Å². The Labute approximate surface area is 240 Å². The molecule has 1 aliphatic rings. The molecule has 5 aromatic rings. The number of methoxy groups -OCH3 is 1. The molecule has 0 heterocycles. The third-order valence-corrected chi connectivity index (χ3v) is 12.4. The van der Waals surface area contributed by atoms with Crippen LogP contribution in [0.15, 0.2) is 169 Å². The Bertz CT molecular complexity index is 1520. The zero-order valence-electron chi connectivity index (χ0n) is 22.6. The zero-order chi connectivity index (χ0) is 27.1. The lowest BCUT2D eigenvalue weighted by molar-refractivity contribution is 0.136. The Balaban J connectivity index is 1.51. The minimum Gasteiger partial charge on any atom is -0.372 e. The van der Waals surface area contributed by atoms with E-state index in [2.05, 4.69) is 158 Å². The molecule has 1 unspecified atom stereocenters. The van der Waals surface area contributed by atoms with Crippen molar-refractivity contribution in [3.8, 4) is 0 Å². The first-order valence-corrected chi connectivity index (χ1v) is 16.4. The predicted molar refractivity (Wildman–Crippen MR) is 175 cm³/mol. The number of hydrogen-bond donors (Lipinski definition) is 0. The predicted octanol–water partition coefficient (Wildman–Crippen LogP) is 7.48. The molecular weight excluding hydrogens is 522 g/mol. The molecule has 5 aromatic carbocycles. The van der Waals surface area contributed by atoms with Crippen molar-refractivity contribution in [1.82, 2.24) is 0 Å². The van der Waals surface area contributed by atoms with Crippen LogP contribution in [0.4, 0.5) is 0 Å². The maximum Gasteiger partial charge on any atom is 0.108 e. The summed E-state index contributed by atoms with van der Waals surface area (Å²) in [6, 6.07) is 52.7. The van der Waals surface area contributed by atoms with Crippen LogP contribution >= 0.6 is 15.8 Å². The van der Waals surface area contributed by atoms with Crippen LogP contribution in [0, 0.1) is 0 Å². The molecule has 0 amide bonds. The second kappa shape index (κ2) is 12.7.